The Hall–Kier alpha value is -1.39. The highest BCUT2D eigenvalue weighted by Gasteiger charge is 2.21. The molecule has 0 aliphatic carbocycles. The molecule has 1 aliphatic rings. The molecule has 2 rings (SSSR count). The average Bonchev–Trinajstić information content (AvgIpc) is 2.81. The second kappa shape index (κ2) is 5.98. The number of carbonyl (C=O) groups excluding carboxylic acids is 1. The lowest BCUT2D eigenvalue weighted by Gasteiger charge is -2.19. The van der Waals surface area contributed by atoms with E-state index in [1.807, 2.05) is 24.3 Å². The number of amides is 1. The predicted molar refractivity (Wildman–Crippen MR) is 72.3 cm³/mol. The molecular formula is C14H21N3O. The van der Waals surface area contributed by atoms with Crippen LogP contribution in [0.2, 0.25) is 0 Å². The minimum Gasteiger partial charge on any atom is -0.350 e. The number of nitrogens with one attached hydrogen (secondary N) is 1. The zero-order valence-electron chi connectivity index (χ0n) is 10.9. The minimum atomic E-state index is -0.00870. The third kappa shape index (κ3) is 3.09. The first-order valence-electron chi connectivity index (χ1n) is 6.48. The fourth-order valence-electron chi connectivity index (χ4n) is 2.39. The van der Waals surface area contributed by atoms with Gasteiger partial charge in [-0.25, -0.2) is 0 Å². The molecule has 1 unspecified atom stereocenters. The normalized spacial score (nSPS) is 20.0. The van der Waals surface area contributed by atoms with E-state index in [2.05, 4.69) is 17.3 Å². The first-order valence-corrected chi connectivity index (χ1v) is 6.48. The van der Waals surface area contributed by atoms with E-state index in [-0.39, 0.29) is 5.91 Å². The predicted octanol–water partition coefficient (Wildman–Crippen LogP) is 0.969. The van der Waals surface area contributed by atoms with Gasteiger partial charge in [0.15, 0.2) is 0 Å². The van der Waals surface area contributed by atoms with Crippen LogP contribution < -0.4 is 11.1 Å². The molecule has 0 radical (unpaired) electrons. The zero-order valence-corrected chi connectivity index (χ0v) is 10.9. The number of likely N-dealkylation sites (N-methyl/N-ethyl adjacent to an activating group) is 1. The lowest BCUT2D eigenvalue weighted by Crippen LogP contribution is -2.38. The molecule has 1 saturated heterocycles. The molecule has 1 amide bonds. The summed E-state index contributed by atoms with van der Waals surface area (Å²) < 4.78 is 0. The number of nitrogens with zero attached hydrogens (tertiary/aromatic N) is 1. The van der Waals surface area contributed by atoms with Crippen molar-refractivity contribution in [3.63, 3.8) is 0 Å². The topological polar surface area (TPSA) is 58.4 Å². The Balaban J connectivity index is 1.90. The molecule has 0 spiro atoms. The summed E-state index contributed by atoms with van der Waals surface area (Å²) >= 11 is 0. The van der Waals surface area contributed by atoms with Gasteiger partial charge in [-0.2, -0.15) is 0 Å². The third-order valence-corrected chi connectivity index (χ3v) is 3.59. The van der Waals surface area contributed by atoms with Gasteiger partial charge in [-0.15, -0.1) is 0 Å². The fraction of sp³-hybridized carbons (Fsp3) is 0.500. The Kier molecular flexibility index (Phi) is 4.33. The number of nitrogens with two attached hydrogens (primary N) is 1. The van der Waals surface area contributed by atoms with E-state index in [1.54, 1.807) is 0 Å². The van der Waals surface area contributed by atoms with E-state index in [0.717, 1.165) is 18.7 Å². The van der Waals surface area contributed by atoms with Crippen molar-refractivity contribution < 1.29 is 4.79 Å². The van der Waals surface area contributed by atoms with E-state index < -0.39 is 0 Å². The van der Waals surface area contributed by atoms with Crippen LogP contribution in [0.25, 0.3) is 0 Å². The van der Waals surface area contributed by atoms with E-state index in [9.17, 15) is 4.79 Å². The molecule has 0 saturated carbocycles. The SMILES string of the molecule is CN1CCCC1CNC(=O)c1cccc(CN)c1. The quantitative estimate of drug-likeness (QED) is 0.833. The van der Waals surface area contributed by atoms with Crippen LogP contribution >= 0.6 is 0 Å². The van der Waals surface area contributed by atoms with Gasteiger partial charge in [-0.05, 0) is 44.1 Å². The van der Waals surface area contributed by atoms with Crippen LogP contribution in [-0.2, 0) is 6.54 Å². The summed E-state index contributed by atoms with van der Waals surface area (Å²) in [6, 6.07) is 7.97. The van der Waals surface area contributed by atoms with E-state index >= 15 is 0 Å². The highest BCUT2D eigenvalue weighted by molar-refractivity contribution is 5.94. The van der Waals surface area contributed by atoms with Gasteiger partial charge >= 0.3 is 0 Å². The number of carbonyl (C=O) groups is 1. The van der Waals surface area contributed by atoms with Gasteiger partial charge in [0.05, 0.1) is 0 Å². The van der Waals surface area contributed by atoms with E-state index in [4.69, 9.17) is 5.73 Å². The van der Waals surface area contributed by atoms with Crippen molar-refractivity contribution in [2.24, 2.45) is 5.73 Å². The first kappa shape index (κ1) is 13.1. The van der Waals surface area contributed by atoms with Crippen LogP contribution in [-0.4, -0.2) is 37.0 Å². The van der Waals surface area contributed by atoms with E-state index in [0.29, 0.717) is 18.2 Å². The highest BCUT2D eigenvalue weighted by Crippen LogP contribution is 2.13. The number of benzene rings is 1. The lowest BCUT2D eigenvalue weighted by molar-refractivity contribution is 0.0943. The van der Waals surface area contributed by atoms with Crippen LogP contribution in [0, 0.1) is 0 Å². The Morgan fingerprint density at radius 1 is 1.56 bits per heavy atom. The van der Waals surface area contributed by atoms with Crippen LogP contribution in [0.15, 0.2) is 24.3 Å². The summed E-state index contributed by atoms with van der Waals surface area (Å²) in [6.45, 7) is 2.32. The second-order valence-electron chi connectivity index (χ2n) is 4.89. The smallest absolute Gasteiger partial charge is 0.251 e. The molecule has 1 aliphatic heterocycles. The van der Waals surface area contributed by atoms with Gasteiger partial charge < -0.3 is 16.0 Å². The van der Waals surface area contributed by atoms with Crippen molar-refractivity contribution in [1.29, 1.82) is 0 Å². The number of likely N-dealkylation sites (tertiary alicyclic amines) is 1. The molecule has 1 atom stereocenters. The molecule has 0 aromatic heterocycles. The summed E-state index contributed by atoms with van der Waals surface area (Å²) in [5.41, 5.74) is 7.25. The Bertz CT molecular complexity index is 419. The van der Waals surface area contributed by atoms with Crippen molar-refractivity contribution in [1.82, 2.24) is 10.2 Å². The number of hydrogen-bond donors (Lipinski definition) is 2. The highest BCUT2D eigenvalue weighted by atomic mass is 16.1. The zero-order chi connectivity index (χ0) is 13.0. The minimum absolute atomic E-state index is 0.00870. The van der Waals surface area contributed by atoms with Crippen molar-refractivity contribution in [3.8, 4) is 0 Å². The second-order valence-corrected chi connectivity index (χ2v) is 4.89. The standard InChI is InChI=1S/C14H21N3O/c1-17-7-3-6-13(17)10-16-14(18)12-5-2-4-11(8-12)9-15/h2,4-5,8,13H,3,6-7,9-10,15H2,1H3,(H,16,18). The molecular weight excluding hydrogens is 226 g/mol. The van der Waals surface area contributed by atoms with Crippen LogP contribution in [0.4, 0.5) is 0 Å². The van der Waals surface area contributed by atoms with Crippen molar-refractivity contribution in [2.75, 3.05) is 20.1 Å². The van der Waals surface area contributed by atoms with Crippen molar-refractivity contribution >= 4 is 5.91 Å². The van der Waals surface area contributed by atoms with Gasteiger partial charge in [0, 0.05) is 24.7 Å². The van der Waals surface area contributed by atoms with E-state index in [1.165, 1.54) is 12.8 Å². The fourth-order valence-corrected chi connectivity index (χ4v) is 2.39. The molecule has 1 heterocycles. The molecule has 3 N–H and O–H groups in total. The maximum Gasteiger partial charge on any atom is 0.251 e. The Morgan fingerprint density at radius 2 is 2.39 bits per heavy atom. The summed E-state index contributed by atoms with van der Waals surface area (Å²) in [4.78, 5) is 14.3. The van der Waals surface area contributed by atoms with Crippen LogP contribution in [0.5, 0.6) is 0 Å². The molecule has 4 heteroatoms. The molecule has 1 aromatic carbocycles. The third-order valence-electron chi connectivity index (χ3n) is 3.59. The molecule has 1 fully saturated rings. The van der Waals surface area contributed by atoms with Gasteiger partial charge in [-0.3, -0.25) is 4.79 Å². The van der Waals surface area contributed by atoms with Gasteiger partial charge in [-0.1, -0.05) is 12.1 Å². The number of rotatable bonds is 4. The first-order chi connectivity index (χ1) is 8.70. The lowest BCUT2D eigenvalue weighted by atomic mass is 10.1. The molecule has 0 bridgehead atoms. The van der Waals surface area contributed by atoms with Crippen molar-refractivity contribution in [3.05, 3.63) is 35.4 Å². The Morgan fingerprint density at radius 3 is 3.06 bits per heavy atom. The van der Waals surface area contributed by atoms with Crippen molar-refractivity contribution in [2.45, 2.75) is 25.4 Å². The van der Waals surface area contributed by atoms with Crippen LogP contribution in [0.3, 0.4) is 0 Å². The van der Waals surface area contributed by atoms with Gasteiger partial charge in [0.25, 0.3) is 5.91 Å². The largest absolute Gasteiger partial charge is 0.350 e. The Labute approximate surface area is 108 Å². The molecule has 1 aromatic rings. The maximum atomic E-state index is 12.0. The monoisotopic (exact) mass is 247 g/mol. The van der Waals surface area contributed by atoms with Crippen LogP contribution in [0.1, 0.15) is 28.8 Å². The molecule has 98 valence electrons. The van der Waals surface area contributed by atoms with Gasteiger partial charge in [0.1, 0.15) is 0 Å². The molecule has 4 nitrogen and oxygen atoms in total. The molecule has 18 heavy (non-hydrogen) atoms. The summed E-state index contributed by atoms with van der Waals surface area (Å²) in [5, 5.41) is 3.00. The summed E-state index contributed by atoms with van der Waals surface area (Å²) in [7, 11) is 2.11. The number of hydrogen-bond acceptors (Lipinski definition) is 3. The van der Waals surface area contributed by atoms with Gasteiger partial charge in [0.2, 0.25) is 0 Å². The summed E-state index contributed by atoms with van der Waals surface area (Å²) in [5.74, 6) is -0.00870. The average molecular weight is 247 g/mol. The maximum absolute atomic E-state index is 12.0. The summed E-state index contributed by atoms with van der Waals surface area (Å²) in [6.07, 6.45) is 2.39.